The summed E-state index contributed by atoms with van der Waals surface area (Å²) in [6, 6.07) is 6.64. The Bertz CT molecular complexity index is 788. The zero-order valence-electron chi connectivity index (χ0n) is 11.8. The van der Waals surface area contributed by atoms with Crippen molar-refractivity contribution in [2.45, 2.75) is 6.92 Å². The van der Waals surface area contributed by atoms with Gasteiger partial charge < -0.3 is 5.32 Å². The molecule has 0 fully saturated rings. The van der Waals surface area contributed by atoms with Crippen LogP contribution in [0.1, 0.15) is 17.3 Å². The minimum absolute atomic E-state index is 0.0397. The Morgan fingerprint density at radius 3 is 2.91 bits per heavy atom. The van der Waals surface area contributed by atoms with Gasteiger partial charge in [-0.1, -0.05) is 29.3 Å². The lowest BCUT2D eigenvalue weighted by atomic mass is 9.89. The fourth-order valence-corrected chi connectivity index (χ4v) is 2.64. The number of nitrogens with zero attached hydrogens (tertiary/aromatic N) is 1. The minimum atomic E-state index is -0.369. The van der Waals surface area contributed by atoms with E-state index >= 15 is 0 Å². The molecule has 0 aromatic heterocycles. The zero-order chi connectivity index (χ0) is 15.7. The highest BCUT2D eigenvalue weighted by Gasteiger charge is 2.23. The molecule has 3 rings (SSSR count). The largest absolute Gasteiger partial charge is 0.325 e. The molecule has 1 N–H and O–H groups in total. The third-order valence-corrected chi connectivity index (χ3v) is 3.75. The van der Waals surface area contributed by atoms with Gasteiger partial charge in [-0.25, -0.2) is 4.99 Å². The molecule has 4 nitrogen and oxygen atoms in total. The number of hydrogen-bond acceptors (Lipinski definition) is 2. The molecule has 22 heavy (non-hydrogen) atoms. The third-order valence-electron chi connectivity index (χ3n) is 3.52. The standard InChI is InChI=1S/C17H13ClN2O2/c1-10-7-16(21)20-15-9-13(5-6-14(10)15)19-17(22)11-3-2-4-12(18)8-11/h2-9,14H,1H3,(H,20,21). The summed E-state index contributed by atoms with van der Waals surface area (Å²) in [5.74, 6) is -0.486. The molecule has 1 unspecified atom stereocenters. The molecular formula is C17H13ClN2O2. The summed E-state index contributed by atoms with van der Waals surface area (Å²) in [6.45, 7) is 1.90. The number of amides is 2. The van der Waals surface area contributed by atoms with Crippen LogP contribution < -0.4 is 5.32 Å². The molecule has 1 aliphatic heterocycles. The molecule has 2 aliphatic rings. The number of aliphatic imine (C=N–C) groups is 1. The third kappa shape index (κ3) is 2.92. The maximum absolute atomic E-state index is 12.1. The zero-order valence-corrected chi connectivity index (χ0v) is 12.6. The molecule has 0 saturated heterocycles. The lowest BCUT2D eigenvalue weighted by Crippen LogP contribution is -2.32. The number of carbonyl (C=O) groups excluding carboxylic acids is 2. The fraction of sp³-hybridized carbons (Fsp3) is 0.118. The van der Waals surface area contributed by atoms with Gasteiger partial charge in [0.1, 0.15) is 0 Å². The Kier molecular flexibility index (Phi) is 3.77. The van der Waals surface area contributed by atoms with Crippen molar-refractivity contribution in [3.05, 3.63) is 70.4 Å². The normalized spacial score (nSPS) is 21.8. The van der Waals surface area contributed by atoms with Gasteiger partial charge in [-0.05, 0) is 37.3 Å². The fourth-order valence-electron chi connectivity index (χ4n) is 2.45. The first-order valence-corrected chi connectivity index (χ1v) is 7.18. The van der Waals surface area contributed by atoms with Crippen LogP contribution in [0.15, 0.2) is 64.8 Å². The van der Waals surface area contributed by atoms with E-state index in [1.165, 1.54) is 0 Å². The van der Waals surface area contributed by atoms with E-state index in [0.717, 1.165) is 11.3 Å². The quantitative estimate of drug-likeness (QED) is 0.866. The van der Waals surface area contributed by atoms with E-state index in [9.17, 15) is 9.59 Å². The molecule has 0 bridgehead atoms. The number of nitrogens with one attached hydrogen (secondary N) is 1. The average molecular weight is 313 g/mol. The van der Waals surface area contributed by atoms with Crippen LogP contribution in [-0.2, 0) is 4.79 Å². The Labute approximate surface area is 132 Å². The summed E-state index contributed by atoms with van der Waals surface area (Å²) in [5, 5.41) is 3.27. The summed E-state index contributed by atoms with van der Waals surface area (Å²) >= 11 is 5.87. The van der Waals surface area contributed by atoms with Crippen LogP contribution in [-0.4, -0.2) is 17.5 Å². The van der Waals surface area contributed by atoms with Gasteiger partial charge in [0.15, 0.2) is 0 Å². The van der Waals surface area contributed by atoms with E-state index in [-0.39, 0.29) is 17.7 Å². The molecule has 2 amide bonds. The Hall–Kier alpha value is -2.46. The predicted molar refractivity (Wildman–Crippen MR) is 85.8 cm³/mol. The van der Waals surface area contributed by atoms with Gasteiger partial charge in [-0.3, -0.25) is 9.59 Å². The van der Waals surface area contributed by atoms with Crippen molar-refractivity contribution in [2.75, 3.05) is 0 Å². The average Bonchev–Trinajstić information content (AvgIpc) is 2.46. The highest BCUT2D eigenvalue weighted by Crippen LogP contribution is 2.26. The topological polar surface area (TPSA) is 58.5 Å². The maximum atomic E-state index is 12.1. The molecule has 5 heteroatoms. The summed E-state index contributed by atoms with van der Waals surface area (Å²) < 4.78 is 0. The molecule has 110 valence electrons. The number of rotatable bonds is 1. The van der Waals surface area contributed by atoms with Gasteiger partial charge in [0.25, 0.3) is 5.91 Å². The summed E-state index contributed by atoms with van der Waals surface area (Å²) in [4.78, 5) is 27.8. The van der Waals surface area contributed by atoms with Gasteiger partial charge in [0.05, 0.1) is 5.71 Å². The van der Waals surface area contributed by atoms with E-state index in [2.05, 4.69) is 10.3 Å². The molecule has 0 saturated carbocycles. The van der Waals surface area contributed by atoms with Gasteiger partial charge in [-0.15, -0.1) is 0 Å². The molecular weight excluding hydrogens is 300 g/mol. The number of halogens is 1. The number of benzene rings is 1. The highest BCUT2D eigenvalue weighted by atomic mass is 35.5. The van der Waals surface area contributed by atoms with Crippen molar-refractivity contribution in [1.82, 2.24) is 5.32 Å². The molecule has 0 spiro atoms. The van der Waals surface area contributed by atoms with Gasteiger partial charge in [-0.2, -0.15) is 0 Å². The van der Waals surface area contributed by atoms with Crippen molar-refractivity contribution < 1.29 is 9.59 Å². The highest BCUT2D eigenvalue weighted by molar-refractivity contribution is 6.31. The molecule has 0 radical (unpaired) electrons. The Morgan fingerprint density at radius 2 is 2.14 bits per heavy atom. The van der Waals surface area contributed by atoms with Crippen LogP contribution in [0.25, 0.3) is 0 Å². The first-order chi connectivity index (χ1) is 10.5. The maximum Gasteiger partial charge on any atom is 0.277 e. The molecule has 1 aromatic rings. The molecule has 1 aromatic carbocycles. The lowest BCUT2D eigenvalue weighted by Gasteiger charge is -2.25. The van der Waals surface area contributed by atoms with Gasteiger partial charge in [0, 0.05) is 28.3 Å². The number of carbonyl (C=O) groups is 2. The number of hydrogen-bond donors (Lipinski definition) is 1. The molecule has 1 atom stereocenters. The van der Waals surface area contributed by atoms with Crippen molar-refractivity contribution in [1.29, 1.82) is 0 Å². The number of allylic oxidation sites excluding steroid dienone is 3. The van der Waals surface area contributed by atoms with Crippen LogP contribution in [0.4, 0.5) is 0 Å². The van der Waals surface area contributed by atoms with Crippen LogP contribution in [0.5, 0.6) is 0 Å². The van der Waals surface area contributed by atoms with E-state index < -0.39 is 0 Å². The van der Waals surface area contributed by atoms with Crippen LogP contribution in [0.3, 0.4) is 0 Å². The van der Waals surface area contributed by atoms with Crippen molar-refractivity contribution in [2.24, 2.45) is 10.9 Å². The molecule has 1 heterocycles. The lowest BCUT2D eigenvalue weighted by molar-refractivity contribution is -0.116. The van der Waals surface area contributed by atoms with E-state index in [4.69, 9.17) is 11.6 Å². The smallest absolute Gasteiger partial charge is 0.277 e. The van der Waals surface area contributed by atoms with Gasteiger partial charge in [0.2, 0.25) is 5.91 Å². The second kappa shape index (κ2) is 5.73. The van der Waals surface area contributed by atoms with Crippen LogP contribution >= 0.6 is 11.6 Å². The first-order valence-electron chi connectivity index (χ1n) is 6.80. The van der Waals surface area contributed by atoms with Crippen LogP contribution in [0.2, 0.25) is 5.02 Å². The Balaban J connectivity index is 1.88. The molecule has 1 aliphatic carbocycles. The van der Waals surface area contributed by atoms with Crippen LogP contribution in [0, 0.1) is 5.92 Å². The second-order valence-electron chi connectivity index (χ2n) is 5.17. The second-order valence-corrected chi connectivity index (χ2v) is 5.60. The SMILES string of the molecule is CC1=CC(=O)NC2=CC(=NC(=O)c3cccc(Cl)c3)C=CC12. The predicted octanol–water partition coefficient (Wildman–Crippen LogP) is 3.07. The van der Waals surface area contributed by atoms with E-state index in [0.29, 0.717) is 16.3 Å². The van der Waals surface area contributed by atoms with E-state index in [1.807, 2.05) is 13.0 Å². The van der Waals surface area contributed by atoms with Crippen molar-refractivity contribution >= 4 is 29.1 Å². The summed E-state index contributed by atoms with van der Waals surface area (Å²) in [6.07, 6.45) is 7.00. The minimum Gasteiger partial charge on any atom is -0.325 e. The van der Waals surface area contributed by atoms with Crippen molar-refractivity contribution in [3.63, 3.8) is 0 Å². The van der Waals surface area contributed by atoms with Gasteiger partial charge >= 0.3 is 0 Å². The van der Waals surface area contributed by atoms with E-state index in [1.54, 1.807) is 42.5 Å². The Morgan fingerprint density at radius 1 is 1.32 bits per heavy atom. The van der Waals surface area contributed by atoms with Crippen molar-refractivity contribution in [3.8, 4) is 0 Å². The number of fused-ring (bicyclic) bond motifs is 1. The summed E-state index contributed by atoms with van der Waals surface area (Å²) in [5.41, 5.74) is 2.64. The first kappa shape index (κ1) is 14.5. The monoisotopic (exact) mass is 312 g/mol. The summed E-state index contributed by atoms with van der Waals surface area (Å²) in [7, 11) is 0.